The lowest BCUT2D eigenvalue weighted by Gasteiger charge is -2.08. The van der Waals surface area contributed by atoms with Gasteiger partial charge >= 0.3 is 0 Å². The van der Waals surface area contributed by atoms with Crippen molar-refractivity contribution in [1.29, 1.82) is 0 Å². The molecule has 2 heteroatoms. The molecule has 0 heterocycles. The summed E-state index contributed by atoms with van der Waals surface area (Å²) >= 11 is 0. The fourth-order valence-corrected chi connectivity index (χ4v) is 1.78. The first-order chi connectivity index (χ1) is 8.24. The van der Waals surface area contributed by atoms with Gasteiger partial charge < -0.3 is 10.6 Å². The lowest BCUT2D eigenvalue weighted by Crippen LogP contribution is -2.28. The van der Waals surface area contributed by atoms with Gasteiger partial charge in [0.1, 0.15) is 0 Å². The van der Waals surface area contributed by atoms with Crippen LogP contribution in [0.2, 0.25) is 0 Å². The first kappa shape index (κ1) is 14.2. The van der Waals surface area contributed by atoms with E-state index in [2.05, 4.69) is 55.7 Å². The van der Waals surface area contributed by atoms with Crippen LogP contribution >= 0.6 is 0 Å². The minimum absolute atomic E-state index is 0.627. The molecule has 0 aromatic heterocycles. The van der Waals surface area contributed by atoms with Gasteiger partial charge in [-0.25, -0.2) is 0 Å². The molecule has 0 radical (unpaired) electrons. The van der Waals surface area contributed by atoms with E-state index in [1.165, 1.54) is 11.1 Å². The van der Waals surface area contributed by atoms with Crippen LogP contribution in [-0.2, 0) is 6.42 Å². The molecular formula is C15H26N2. The molecule has 1 aromatic rings. The Balaban J connectivity index is 2.19. The molecule has 1 aromatic carbocycles. The van der Waals surface area contributed by atoms with Gasteiger partial charge in [0.15, 0.2) is 0 Å². The molecule has 0 unspecified atom stereocenters. The van der Waals surface area contributed by atoms with E-state index in [1.807, 2.05) is 0 Å². The summed E-state index contributed by atoms with van der Waals surface area (Å²) in [6.45, 7) is 10.8. The maximum atomic E-state index is 3.44. The fourth-order valence-electron chi connectivity index (χ4n) is 1.78. The van der Waals surface area contributed by atoms with E-state index < -0.39 is 0 Å². The molecule has 0 aliphatic heterocycles. The Morgan fingerprint density at radius 1 is 0.941 bits per heavy atom. The van der Waals surface area contributed by atoms with E-state index in [4.69, 9.17) is 0 Å². The molecule has 0 aliphatic rings. The summed E-state index contributed by atoms with van der Waals surface area (Å²) in [6, 6.07) is 9.00. The smallest absolute Gasteiger partial charge is 0.00768 e. The van der Waals surface area contributed by atoms with Crippen LogP contribution < -0.4 is 10.6 Å². The monoisotopic (exact) mass is 234 g/mol. The molecule has 0 saturated carbocycles. The molecule has 0 fully saturated rings. The Morgan fingerprint density at radius 2 is 1.59 bits per heavy atom. The average Bonchev–Trinajstić information content (AvgIpc) is 2.34. The van der Waals surface area contributed by atoms with Crippen LogP contribution in [0.4, 0.5) is 0 Å². The van der Waals surface area contributed by atoms with E-state index in [-0.39, 0.29) is 0 Å². The molecule has 0 amide bonds. The molecule has 0 spiro atoms. The third kappa shape index (κ3) is 5.85. The zero-order valence-electron chi connectivity index (χ0n) is 11.4. The first-order valence-electron chi connectivity index (χ1n) is 6.74. The normalized spacial score (nSPS) is 11.1. The van der Waals surface area contributed by atoms with Gasteiger partial charge in [-0.15, -0.1) is 0 Å². The molecule has 0 bridgehead atoms. The zero-order valence-corrected chi connectivity index (χ0v) is 11.4. The SMILES string of the molecule is CCNCCNCCc1ccc(C(C)C)cc1. The summed E-state index contributed by atoms with van der Waals surface area (Å²) in [4.78, 5) is 0. The molecule has 0 atom stereocenters. The molecular weight excluding hydrogens is 208 g/mol. The number of rotatable bonds is 8. The number of benzene rings is 1. The Labute approximate surface area is 106 Å². The van der Waals surface area contributed by atoms with Crippen LogP contribution in [0.5, 0.6) is 0 Å². The predicted molar refractivity (Wildman–Crippen MR) is 75.6 cm³/mol. The molecule has 2 nitrogen and oxygen atoms in total. The summed E-state index contributed by atoms with van der Waals surface area (Å²) in [5.74, 6) is 0.627. The standard InChI is InChI=1S/C15H26N2/c1-4-16-11-12-17-10-9-14-5-7-15(8-6-14)13(2)3/h5-8,13,16-17H,4,9-12H2,1-3H3. The third-order valence-electron chi connectivity index (χ3n) is 2.97. The van der Waals surface area contributed by atoms with E-state index in [0.29, 0.717) is 5.92 Å². The third-order valence-corrected chi connectivity index (χ3v) is 2.97. The van der Waals surface area contributed by atoms with Crippen LogP contribution in [0, 0.1) is 0 Å². The lowest BCUT2D eigenvalue weighted by atomic mass is 10.0. The van der Waals surface area contributed by atoms with Crippen LogP contribution in [-0.4, -0.2) is 26.2 Å². The second-order valence-corrected chi connectivity index (χ2v) is 4.75. The van der Waals surface area contributed by atoms with Gasteiger partial charge in [0, 0.05) is 13.1 Å². The fraction of sp³-hybridized carbons (Fsp3) is 0.600. The summed E-state index contributed by atoms with van der Waals surface area (Å²) in [7, 11) is 0. The molecule has 0 saturated heterocycles. The second kappa shape index (κ2) is 8.26. The Hall–Kier alpha value is -0.860. The highest BCUT2D eigenvalue weighted by Crippen LogP contribution is 2.14. The summed E-state index contributed by atoms with van der Waals surface area (Å²) in [5, 5.41) is 6.75. The highest BCUT2D eigenvalue weighted by atomic mass is 14.9. The lowest BCUT2D eigenvalue weighted by molar-refractivity contribution is 0.624. The summed E-state index contributed by atoms with van der Waals surface area (Å²) < 4.78 is 0. The zero-order chi connectivity index (χ0) is 12.5. The van der Waals surface area contributed by atoms with Crippen molar-refractivity contribution in [1.82, 2.24) is 10.6 Å². The van der Waals surface area contributed by atoms with Crippen molar-refractivity contribution in [2.24, 2.45) is 0 Å². The van der Waals surface area contributed by atoms with Crippen molar-refractivity contribution < 1.29 is 0 Å². The molecule has 2 N–H and O–H groups in total. The van der Waals surface area contributed by atoms with Crippen LogP contribution in [0.15, 0.2) is 24.3 Å². The van der Waals surface area contributed by atoms with E-state index in [9.17, 15) is 0 Å². The quantitative estimate of drug-likeness (QED) is 0.676. The van der Waals surface area contributed by atoms with Crippen molar-refractivity contribution in [3.63, 3.8) is 0 Å². The predicted octanol–water partition coefficient (Wildman–Crippen LogP) is 2.55. The number of hydrogen-bond acceptors (Lipinski definition) is 2. The first-order valence-corrected chi connectivity index (χ1v) is 6.74. The van der Waals surface area contributed by atoms with Gasteiger partial charge in [-0.2, -0.15) is 0 Å². The second-order valence-electron chi connectivity index (χ2n) is 4.75. The maximum absolute atomic E-state index is 3.44. The minimum Gasteiger partial charge on any atom is -0.316 e. The highest BCUT2D eigenvalue weighted by molar-refractivity contribution is 5.24. The van der Waals surface area contributed by atoms with Gasteiger partial charge in [0.05, 0.1) is 0 Å². The maximum Gasteiger partial charge on any atom is 0.00768 e. The largest absolute Gasteiger partial charge is 0.316 e. The van der Waals surface area contributed by atoms with Crippen LogP contribution in [0.25, 0.3) is 0 Å². The van der Waals surface area contributed by atoms with Crippen LogP contribution in [0.1, 0.15) is 37.8 Å². The van der Waals surface area contributed by atoms with Crippen molar-refractivity contribution in [2.45, 2.75) is 33.1 Å². The van der Waals surface area contributed by atoms with Crippen molar-refractivity contribution in [3.8, 4) is 0 Å². The van der Waals surface area contributed by atoms with E-state index in [0.717, 1.165) is 32.6 Å². The average molecular weight is 234 g/mol. The van der Waals surface area contributed by atoms with Gasteiger partial charge in [0.25, 0.3) is 0 Å². The molecule has 96 valence electrons. The summed E-state index contributed by atoms with van der Waals surface area (Å²) in [6.07, 6.45) is 1.12. The Kier molecular flexibility index (Phi) is 6.90. The number of nitrogens with one attached hydrogen (secondary N) is 2. The minimum atomic E-state index is 0.627. The molecule has 1 rings (SSSR count). The number of hydrogen-bond donors (Lipinski definition) is 2. The van der Waals surface area contributed by atoms with E-state index in [1.54, 1.807) is 0 Å². The van der Waals surface area contributed by atoms with Crippen molar-refractivity contribution in [2.75, 3.05) is 26.2 Å². The Bertz CT molecular complexity index is 290. The van der Waals surface area contributed by atoms with Gasteiger partial charge in [-0.05, 0) is 36.6 Å². The Morgan fingerprint density at radius 3 is 2.18 bits per heavy atom. The number of likely N-dealkylation sites (N-methyl/N-ethyl adjacent to an activating group) is 1. The van der Waals surface area contributed by atoms with Crippen molar-refractivity contribution >= 4 is 0 Å². The molecule has 17 heavy (non-hydrogen) atoms. The van der Waals surface area contributed by atoms with Gasteiger partial charge in [-0.1, -0.05) is 45.0 Å². The molecule has 0 aliphatic carbocycles. The van der Waals surface area contributed by atoms with E-state index >= 15 is 0 Å². The van der Waals surface area contributed by atoms with Crippen LogP contribution in [0.3, 0.4) is 0 Å². The van der Waals surface area contributed by atoms with Crippen molar-refractivity contribution in [3.05, 3.63) is 35.4 Å². The highest BCUT2D eigenvalue weighted by Gasteiger charge is 1.98. The summed E-state index contributed by atoms with van der Waals surface area (Å²) in [5.41, 5.74) is 2.85. The van der Waals surface area contributed by atoms with Gasteiger partial charge in [-0.3, -0.25) is 0 Å². The topological polar surface area (TPSA) is 24.1 Å². The van der Waals surface area contributed by atoms with Gasteiger partial charge in [0.2, 0.25) is 0 Å².